The van der Waals surface area contributed by atoms with E-state index in [1.807, 2.05) is 59.5 Å². The molecular formula is C33H38N4O5S. The third kappa shape index (κ3) is 6.80. The van der Waals surface area contributed by atoms with Crippen LogP contribution in [-0.4, -0.2) is 69.3 Å². The number of benzene rings is 2. The molecule has 1 aromatic heterocycles. The lowest BCUT2D eigenvalue weighted by atomic mass is 9.96. The monoisotopic (exact) mass is 602 g/mol. The maximum Gasteiger partial charge on any atom is 0.344 e. The van der Waals surface area contributed by atoms with Gasteiger partial charge in [-0.3, -0.25) is 19.1 Å². The van der Waals surface area contributed by atoms with Crippen LogP contribution < -0.4 is 10.3 Å². The number of thioether (sulfide) groups is 1. The summed E-state index contributed by atoms with van der Waals surface area (Å²) in [6.07, 6.45) is 5.38. The molecule has 43 heavy (non-hydrogen) atoms. The van der Waals surface area contributed by atoms with Gasteiger partial charge in [-0.15, -0.1) is 0 Å². The Morgan fingerprint density at radius 3 is 2.49 bits per heavy atom. The van der Waals surface area contributed by atoms with Crippen LogP contribution in [0.1, 0.15) is 49.4 Å². The molecule has 3 aromatic rings. The summed E-state index contributed by atoms with van der Waals surface area (Å²) in [6, 6.07) is 17.4. The van der Waals surface area contributed by atoms with Gasteiger partial charge in [0.15, 0.2) is 11.8 Å². The number of fused-ring (bicyclic) bond motifs is 1. The van der Waals surface area contributed by atoms with Crippen LogP contribution in [0.4, 0.5) is 0 Å². The molecule has 6 rings (SSSR count). The number of nitrogens with zero attached hydrogens (tertiary/aromatic N) is 4. The molecule has 0 bridgehead atoms. The van der Waals surface area contributed by atoms with Gasteiger partial charge in [-0.05, 0) is 49.6 Å². The van der Waals surface area contributed by atoms with Gasteiger partial charge in [0.25, 0.3) is 5.56 Å². The predicted octanol–water partition coefficient (Wildman–Crippen LogP) is 4.23. The van der Waals surface area contributed by atoms with Crippen molar-refractivity contribution in [1.29, 1.82) is 0 Å². The molecule has 1 saturated heterocycles. The molecular weight excluding hydrogens is 564 g/mol. The summed E-state index contributed by atoms with van der Waals surface area (Å²) in [5.41, 5.74) is 3.35. The first kappa shape index (κ1) is 29.4. The highest BCUT2D eigenvalue weighted by Crippen LogP contribution is 2.35. The number of hydrogen-bond donors (Lipinski definition) is 0. The summed E-state index contributed by atoms with van der Waals surface area (Å²) < 4.78 is 12.1. The van der Waals surface area contributed by atoms with Crippen LogP contribution in [-0.2, 0) is 33.8 Å². The van der Waals surface area contributed by atoms with Gasteiger partial charge in [-0.25, -0.2) is 9.78 Å². The zero-order chi connectivity index (χ0) is 29.8. The van der Waals surface area contributed by atoms with Crippen molar-refractivity contribution < 1.29 is 19.1 Å². The normalized spacial score (nSPS) is 17.4. The van der Waals surface area contributed by atoms with E-state index in [2.05, 4.69) is 4.90 Å². The number of ether oxygens (including phenoxy) is 2. The van der Waals surface area contributed by atoms with Gasteiger partial charge in [0.2, 0.25) is 5.91 Å². The number of amides is 1. The highest BCUT2D eigenvalue weighted by molar-refractivity contribution is 7.99. The van der Waals surface area contributed by atoms with Crippen molar-refractivity contribution in [2.75, 3.05) is 32.8 Å². The highest BCUT2D eigenvalue weighted by Gasteiger charge is 2.37. The lowest BCUT2D eigenvalue weighted by molar-refractivity contribution is -0.145. The van der Waals surface area contributed by atoms with E-state index in [1.54, 1.807) is 23.3 Å². The number of rotatable bonds is 10. The maximum absolute atomic E-state index is 13.9. The summed E-state index contributed by atoms with van der Waals surface area (Å²) in [7, 11) is 0. The minimum Gasteiger partial charge on any atom is -0.482 e. The van der Waals surface area contributed by atoms with Crippen molar-refractivity contribution in [2.45, 2.75) is 62.5 Å². The van der Waals surface area contributed by atoms with Crippen molar-refractivity contribution in [3.05, 3.63) is 81.8 Å². The fourth-order valence-electron chi connectivity index (χ4n) is 6.09. The summed E-state index contributed by atoms with van der Waals surface area (Å²) >= 11 is 1.73. The summed E-state index contributed by atoms with van der Waals surface area (Å²) in [4.78, 5) is 48.0. The Morgan fingerprint density at radius 1 is 1.02 bits per heavy atom. The van der Waals surface area contributed by atoms with Crippen molar-refractivity contribution in [3.63, 3.8) is 0 Å². The van der Waals surface area contributed by atoms with Gasteiger partial charge >= 0.3 is 5.97 Å². The maximum atomic E-state index is 13.9. The summed E-state index contributed by atoms with van der Waals surface area (Å²) in [5, 5.41) is 1.26. The van der Waals surface area contributed by atoms with E-state index in [1.165, 1.54) is 12.8 Å². The average Bonchev–Trinajstić information content (AvgIpc) is 3.52. The molecule has 10 heteroatoms. The smallest absolute Gasteiger partial charge is 0.344 e. The number of hydrogen-bond acceptors (Lipinski definition) is 8. The van der Waals surface area contributed by atoms with Crippen LogP contribution in [0, 0.1) is 5.92 Å². The van der Waals surface area contributed by atoms with Gasteiger partial charge in [0.05, 0.1) is 36.0 Å². The molecule has 1 aliphatic carbocycles. The molecule has 1 amide bonds. The van der Waals surface area contributed by atoms with Crippen molar-refractivity contribution in [1.82, 2.24) is 19.4 Å². The molecule has 1 saturated carbocycles. The average molecular weight is 603 g/mol. The Balaban J connectivity index is 1.08. The quantitative estimate of drug-likeness (QED) is 0.252. The molecule has 2 fully saturated rings. The van der Waals surface area contributed by atoms with Gasteiger partial charge in [0.1, 0.15) is 5.75 Å². The zero-order valence-corrected chi connectivity index (χ0v) is 25.4. The van der Waals surface area contributed by atoms with Crippen molar-refractivity contribution in [2.24, 2.45) is 5.92 Å². The first-order valence-corrected chi connectivity index (χ1v) is 16.1. The first-order valence-electron chi connectivity index (χ1n) is 15.2. The number of carbonyl (C=O) groups excluding carboxylic acids is 2. The lowest BCUT2D eigenvalue weighted by Crippen LogP contribution is -2.55. The molecule has 9 nitrogen and oxygen atoms in total. The zero-order valence-electron chi connectivity index (χ0n) is 24.6. The minimum absolute atomic E-state index is 0.0564. The van der Waals surface area contributed by atoms with E-state index in [9.17, 15) is 14.4 Å². The number of para-hydroxylation sites is 1. The Hall–Kier alpha value is -3.63. The van der Waals surface area contributed by atoms with Gasteiger partial charge < -0.3 is 14.4 Å². The molecule has 0 unspecified atom stereocenters. The second kappa shape index (κ2) is 13.3. The third-order valence-corrected chi connectivity index (χ3v) is 9.69. The summed E-state index contributed by atoms with van der Waals surface area (Å²) in [6.45, 7) is 4.99. The summed E-state index contributed by atoms with van der Waals surface area (Å²) in [5.74, 6) is 0.264. The SMILES string of the molecule is CCOC(=O)COc1ccc(CN2CC(C(=O)N3CCc4nc(SC5CCCC5)n(-c5ccccc5)c(=O)c4C3)C2)cc1. The first-order chi connectivity index (χ1) is 21.0. The van der Waals surface area contributed by atoms with Crippen LogP contribution >= 0.6 is 11.8 Å². The molecule has 2 aliphatic heterocycles. The molecule has 226 valence electrons. The van der Waals surface area contributed by atoms with Crippen LogP contribution in [0.25, 0.3) is 5.69 Å². The number of likely N-dealkylation sites (tertiary alicyclic amines) is 1. The fraction of sp³-hybridized carbons (Fsp3) is 0.455. The number of esters is 1. The van der Waals surface area contributed by atoms with E-state index < -0.39 is 0 Å². The fourth-order valence-corrected chi connectivity index (χ4v) is 7.41. The molecule has 2 aromatic carbocycles. The van der Waals surface area contributed by atoms with Crippen LogP contribution in [0.5, 0.6) is 5.75 Å². The molecule has 0 atom stereocenters. The largest absolute Gasteiger partial charge is 0.482 e. The Bertz CT molecular complexity index is 1500. The van der Waals surface area contributed by atoms with E-state index in [4.69, 9.17) is 14.5 Å². The standard InChI is InChI=1S/C33H38N4O5S/c1-2-41-30(38)22-42-26-14-12-23(13-15-26)18-35-19-24(20-35)31(39)36-17-16-29-28(21-36)32(40)37(25-8-4-3-5-9-25)33(34-29)43-27-10-6-7-11-27/h3-5,8-9,12-15,24,27H,2,6-7,10-11,16-22H2,1H3. The molecule has 0 radical (unpaired) electrons. The second-order valence-corrected chi connectivity index (χ2v) is 12.7. The molecule has 0 N–H and O–H groups in total. The van der Waals surface area contributed by atoms with E-state index in [-0.39, 0.29) is 30.0 Å². The van der Waals surface area contributed by atoms with E-state index >= 15 is 0 Å². The van der Waals surface area contributed by atoms with Crippen molar-refractivity contribution >= 4 is 23.6 Å². The van der Waals surface area contributed by atoms with Gasteiger partial charge in [-0.2, -0.15) is 0 Å². The number of aromatic nitrogens is 2. The van der Waals surface area contributed by atoms with E-state index in [0.717, 1.165) is 41.5 Å². The third-order valence-electron chi connectivity index (χ3n) is 8.40. The highest BCUT2D eigenvalue weighted by atomic mass is 32.2. The van der Waals surface area contributed by atoms with Crippen LogP contribution in [0.3, 0.4) is 0 Å². The lowest BCUT2D eigenvalue weighted by Gasteiger charge is -2.41. The molecule has 0 spiro atoms. The van der Waals surface area contributed by atoms with E-state index in [0.29, 0.717) is 55.8 Å². The Labute approximate surface area is 256 Å². The second-order valence-electron chi connectivity index (χ2n) is 11.5. The Kier molecular flexibility index (Phi) is 9.14. The molecule has 3 heterocycles. The predicted molar refractivity (Wildman–Crippen MR) is 164 cm³/mol. The Morgan fingerprint density at radius 2 is 1.77 bits per heavy atom. The molecule has 3 aliphatic rings. The van der Waals surface area contributed by atoms with Crippen molar-refractivity contribution in [3.8, 4) is 11.4 Å². The topological polar surface area (TPSA) is 94.0 Å². The van der Waals surface area contributed by atoms with Gasteiger partial charge in [0, 0.05) is 37.8 Å². The minimum atomic E-state index is -0.388. The van der Waals surface area contributed by atoms with Crippen LogP contribution in [0.2, 0.25) is 0 Å². The van der Waals surface area contributed by atoms with Crippen LogP contribution in [0.15, 0.2) is 64.5 Å². The number of carbonyl (C=O) groups is 2. The van der Waals surface area contributed by atoms with Gasteiger partial charge in [-0.1, -0.05) is 54.9 Å².